The van der Waals surface area contributed by atoms with Crippen molar-refractivity contribution in [3.05, 3.63) is 53.9 Å². The lowest BCUT2D eigenvalue weighted by Gasteiger charge is -2.26. The maximum Gasteiger partial charge on any atom is 0.245 e. The first-order valence-electron chi connectivity index (χ1n) is 10.4. The van der Waals surface area contributed by atoms with E-state index in [9.17, 15) is 9.59 Å². The third kappa shape index (κ3) is 5.02. The molecule has 2 saturated heterocycles. The summed E-state index contributed by atoms with van der Waals surface area (Å²) in [5.41, 5.74) is 2.11. The second kappa shape index (κ2) is 10.1. The number of hydrogen-bond acceptors (Lipinski definition) is 4. The molecule has 3 atom stereocenters. The molecule has 3 heterocycles. The van der Waals surface area contributed by atoms with E-state index < -0.39 is 6.04 Å². The molecule has 1 aromatic heterocycles. The molecule has 2 aromatic rings. The Balaban J connectivity index is 0.00000256. The van der Waals surface area contributed by atoms with E-state index in [0.717, 1.165) is 43.6 Å². The van der Waals surface area contributed by atoms with Crippen LogP contribution in [0.5, 0.6) is 0 Å². The standard InChI is InChI=1S/C22H29N5O2.ClH/c1-26-15-17(12-24-26)18-13-23-14-19(18)21(28)25-20(11-16-7-3-2-4-8-16)22(29)27-9-5-6-10-27;/h2-4,7-8,12,15,18-20,23H,5-6,9-11,13-14H2,1H3,(H,25,28);1H/t18-,19+,20?;/m1./s1. The monoisotopic (exact) mass is 431 g/mol. The number of amides is 2. The lowest BCUT2D eigenvalue weighted by molar-refractivity contribution is -0.136. The van der Waals surface area contributed by atoms with Crippen molar-refractivity contribution in [2.75, 3.05) is 26.2 Å². The van der Waals surface area contributed by atoms with Crippen LogP contribution in [0.2, 0.25) is 0 Å². The molecule has 0 aliphatic carbocycles. The van der Waals surface area contributed by atoms with Gasteiger partial charge in [-0.1, -0.05) is 30.3 Å². The van der Waals surface area contributed by atoms with Crippen molar-refractivity contribution in [2.24, 2.45) is 13.0 Å². The normalized spacial score (nSPS) is 21.8. The molecular weight excluding hydrogens is 402 g/mol. The summed E-state index contributed by atoms with van der Waals surface area (Å²) in [7, 11) is 1.88. The Morgan fingerprint density at radius 2 is 1.93 bits per heavy atom. The predicted molar refractivity (Wildman–Crippen MR) is 117 cm³/mol. The van der Waals surface area contributed by atoms with Gasteiger partial charge < -0.3 is 15.5 Å². The van der Waals surface area contributed by atoms with E-state index >= 15 is 0 Å². The molecule has 0 spiro atoms. The number of benzene rings is 1. The van der Waals surface area contributed by atoms with E-state index in [4.69, 9.17) is 0 Å². The van der Waals surface area contributed by atoms with Gasteiger partial charge in [-0.3, -0.25) is 14.3 Å². The van der Waals surface area contributed by atoms with Crippen molar-refractivity contribution in [3.63, 3.8) is 0 Å². The molecular formula is C22H30ClN5O2. The zero-order chi connectivity index (χ0) is 20.2. The molecule has 1 unspecified atom stereocenters. The lowest BCUT2D eigenvalue weighted by atomic mass is 9.90. The van der Waals surface area contributed by atoms with E-state index in [1.54, 1.807) is 4.68 Å². The second-order valence-electron chi connectivity index (χ2n) is 8.10. The lowest BCUT2D eigenvalue weighted by Crippen LogP contribution is -2.51. The molecule has 2 amide bonds. The number of nitrogens with one attached hydrogen (secondary N) is 2. The first kappa shape index (κ1) is 22.3. The second-order valence-corrected chi connectivity index (χ2v) is 8.10. The van der Waals surface area contributed by atoms with Crippen LogP contribution < -0.4 is 10.6 Å². The van der Waals surface area contributed by atoms with E-state index in [2.05, 4.69) is 15.7 Å². The molecule has 7 nitrogen and oxygen atoms in total. The third-order valence-electron chi connectivity index (χ3n) is 6.02. The molecule has 4 rings (SSSR count). The smallest absolute Gasteiger partial charge is 0.245 e. The number of halogens is 1. The molecule has 0 saturated carbocycles. The van der Waals surface area contributed by atoms with Crippen molar-refractivity contribution in [2.45, 2.75) is 31.2 Å². The van der Waals surface area contributed by atoms with Crippen LogP contribution in [0.4, 0.5) is 0 Å². The van der Waals surface area contributed by atoms with Gasteiger partial charge >= 0.3 is 0 Å². The largest absolute Gasteiger partial charge is 0.344 e. The summed E-state index contributed by atoms with van der Waals surface area (Å²) >= 11 is 0. The van der Waals surface area contributed by atoms with Crippen molar-refractivity contribution in [1.29, 1.82) is 0 Å². The van der Waals surface area contributed by atoms with Gasteiger partial charge in [-0.05, 0) is 24.0 Å². The number of rotatable bonds is 6. The predicted octanol–water partition coefficient (Wildman–Crippen LogP) is 1.49. The Bertz CT molecular complexity index is 850. The van der Waals surface area contributed by atoms with Crippen LogP contribution >= 0.6 is 12.4 Å². The van der Waals surface area contributed by atoms with Crippen molar-refractivity contribution in [3.8, 4) is 0 Å². The van der Waals surface area contributed by atoms with E-state index in [0.29, 0.717) is 13.0 Å². The van der Waals surface area contributed by atoms with Crippen LogP contribution in [0.1, 0.15) is 29.9 Å². The summed E-state index contributed by atoms with van der Waals surface area (Å²) in [5.74, 6) is -0.160. The number of nitrogens with zero attached hydrogens (tertiary/aromatic N) is 3. The maximum absolute atomic E-state index is 13.2. The fourth-order valence-corrected chi connectivity index (χ4v) is 4.42. The summed E-state index contributed by atoms with van der Waals surface area (Å²) in [6.45, 7) is 2.92. The van der Waals surface area contributed by atoms with Gasteiger partial charge in [-0.25, -0.2) is 0 Å². The topological polar surface area (TPSA) is 79.3 Å². The minimum absolute atomic E-state index is 0. The molecule has 2 N–H and O–H groups in total. The van der Waals surface area contributed by atoms with Crippen LogP contribution in [0, 0.1) is 5.92 Å². The van der Waals surface area contributed by atoms with Gasteiger partial charge in [0.2, 0.25) is 11.8 Å². The molecule has 0 bridgehead atoms. The molecule has 2 aliphatic rings. The average molecular weight is 432 g/mol. The van der Waals surface area contributed by atoms with Crippen LogP contribution in [0.3, 0.4) is 0 Å². The highest BCUT2D eigenvalue weighted by molar-refractivity contribution is 5.89. The van der Waals surface area contributed by atoms with Gasteiger partial charge in [-0.15, -0.1) is 12.4 Å². The van der Waals surface area contributed by atoms with Crippen LogP contribution in [0.15, 0.2) is 42.7 Å². The zero-order valence-electron chi connectivity index (χ0n) is 17.3. The van der Waals surface area contributed by atoms with Gasteiger partial charge in [0, 0.05) is 51.8 Å². The van der Waals surface area contributed by atoms with Crippen LogP contribution in [-0.2, 0) is 23.1 Å². The Hall–Kier alpha value is -2.38. The highest BCUT2D eigenvalue weighted by atomic mass is 35.5. The summed E-state index contributed by atoms with van der Waals surface area (Å²) in [5, 5.41) is 10.7. The minimum Gasteiger partial charge on any atom is -0.344 e. The van der Waals surface area contributed by atoms with E-state index in [-0.39, 0.29) is 36.1 Å². The Morgan fingerprint density at radius 3 is 2.60 bits per heavy atom. The van der Waals surface area contributed by atoms with Crippen LogP contribution in [0.25, 0.3) is 0 Å². The summed E-state index contributed by atoms with van der Waals surface area (Å²) < 4.78 is 1.76. The molecule has 2 aliphatic heterocycles. The third-order valence-corrected chi connectivity index (χ3v) is 6.02. The Morgan fingerprint density at radius 1 is 1.20 bits per heavy atom. The summed E-state index contributed by atoms with van der Waals surface area (Å²) in [6, 6.07) is 9.38. The molecule has 162 valence electrons. The van der Waals surface area contributed by atoms with Crippen molar-refractivity contribution < 1.29 is 9.59 Å². The highest BCUT2D eigenvalue weighted by Gasteiger charge is 2.37. The van der Waals surface area contributed by atoms with Gasteiger partial charge in [0.15, 0.2) is 0 Å². The zero-order valence-corrected chi connectivity index (χ0v) is 18.1. The quantitative estimate of drug-likeness (QED) is 0.726. The Labute approximate surface area is 183 Å². The van der Waals surface area contributed by atoms with Crippen LogP contribution in [-0.4, -0.2) is 58.7 Å². The first-order chi connectivity index (χ1) is 14.1. The van der Waals surface area contributed by atoms with Gasteiger partial charge in [0.1, 0.15) is 6.04 Å². The number of carbonyl (C=O) groups excluding carboxylic acids is 2. The number of likely N-dealkylation sites (tertiary alicyclic amines) is 1. The fourth-order valence-electron chi connectivity index (χ4n) is 4.42. The van der Waals surface area contributed by atoms with Gasteiger partial charge in [-0.2, -0.15) is 5.10 Å². The summed E-state index contributed by atoms with van der Waals surface area (Å²) in [4.78, 5) is 28.2. The fraction of sp³-hybridized carbons (Fsp3) is 0.500. The van der Waals surface area contributed by atoms with E-state index in [1.807, 2.05) is 54.7 Å². The van der Waals surface area contributed by atoms with Crippen molar-refractivity contribution >= 4 is 24.2 Å². The number of aryl methyl sites for hydroxylation is 1. The average Bonchev–Trinajstić information content (AvgIpc) is 3.48. The number of aromatic nitrogens is 2. The Kier molecular flexibility index (Phi) is 7.50. The first-order valence-corrected chi connectivity index (χ1v) is 10.4. The number of carbonyl (C=O) groups is 2. The maximum atomic E-state index is 13.2. The van der Waals surface area contributed by atoms with Gasteiger partial charge in [0.25, 0.3) is 0 Å². The molecule has 30 heavy (non-hydrogen) atoms. The molecule has 8 heteroatoms. The number of hydrogen-bond donors (Lipinski definition) is 2. The SMILES string of the molecule is Cl.Cn1cc([C@H]2CNC[C@@H]2C(=O)NC(Cc2ccccc2)C(=O)N2CCCC2)cn1. The van der Waals surface area contributed by atoms with E-state index in [1.165, 1.54) is 0 Å². The van der Waals surface area contributed by atoms with Gasteiger partial charge in [0.05, 0.1) is 12.1 Å². The summed E-state index contributed by atoms with van der Waals surface area (Å²) in [6.07, 6.45) is 6.38. The van der Waals surface area contributed by atoms with Crippen molar-refractivity contribution in [1.82, 2.24) is 25.3 Å². The minimum atomic E-state index is -0.529. The molecule has 1 aromatic carbocycles. The molecule has 2 fully saturated rings. The molecule has 0 radical (unpaired) electrons. The highest BCUT2D eigenvalue weighted by Crippen LogP contribution is 2.28.